The van der Waals surface area contributed by atoms with Crippen molar-refractivity contribution in [3.05, 3.63) is 148 Å². The van der Waals surface area contributed by atoms with Gasteiger partial charge in [-0.3, -0.25) is 14.5 Å². The number of nitrogens with one attached hydrogen (secondary N) is 1. The minimum absolute atomic E-state index is 0.125. The van der Waals surface area contributed by atoms with Gasteiger partial charge in [0.2, 0.25) is 11.8 Å². The van der Waals surface area contributed by atoms with Crippen molar-refractivity contribution in [3.63, 3.8) is 0 Å². The van der Waals surface area contributed by atoms with Crippen molar-refractivity contribution in [3.8, 4) is 11.1 Å². The number of ether oxygens (including phenoxy) is 1. The lowest BCUT2D eigenvalue weighted by Gasteiger charge is -2.26. The topological polar surface area (TPSA) is 79.0 Å². The molecule has 1 aliphatic heterocycles. The van der Waals surface area contributed by atoms with Gasteiger partial charge in [-0.25, -0.2) is 4.79 Å². The molecule has 0 aromatic heterocycles. The summed E-state index contributed by atoms with van der Waals surface area (Å²) >= 11 is 12.6. The van der Waals surface area contributed by atoms with E-state index in [4.69, 9.17) is 27.9 Å². The van der Waals surface area contributed by atoms with Crippen molar-refractivity contribution >= 4 is 58.2 Å². The summed E-state index contributed by atoms with van der Waals surface area (Å²) in [5.74, 6) is -1.74. The minimum Gasteiger partial charge on any atom is -0.444 e. The first-order chi connectivity index (χ1) is 24.0. The van der Waals surface area contributed by atoms with E-state index in [9.17, 15) is 14.4 Å². The molecule has 0 aliphatic carbocycles. The number of carbonyl (C=O) groups excluding carboxylic acids is 3. The van der Waals surface area contributed by atoms with E-state index in [1.165, 1.54) is 0 Å². The summed E-state index contributed by atoms with van der Waals surface area (Å²) in [6.45, 7) is 5.92. The average Bonchev–Trinajstić information content (AvgIpc) is 3.18. The molecule has 0 spiro atoms. The highest BCUT2D eigenvalue weighted by atomic mass is 35.5. The number of halogens is 2. The molecule has 0 radical (unpaired) electrons. The molecule has 0 bridgehead atoms. The van der Waals surface area contributed by atoms with Crippen LogP contribution in [0.2, 0.25) is 10.0 Å². The van der Waals surface area contributed by atoms with Gasteiger partial charge >= 0.3 is 6.09 Å². The summed E-state index contributed by atoms with van der Waals surface area (Å²) < 4.78 is 5.35. The minimum atomic E-state index is -1.06. The third kappa shape index (κ3) is 8.02. The molecule has 1 unspecified atom stereocenters. The van der Waals surface area contributed by atoms with Gasteiger partial charge in [0.25, 0.3) is 0 Å². The number of carbonyl (C=O) groups is 3. The molecular weight excluding hydrogens is 669 g/mol. The molecule has 1 atom stereocenters. The van der Waals surface area contributed by atoms with E-state index in [1.54, 1.807) is 48.8 Å². The number of amides is 3. The zero-order valence-electron chi connectivity index (χ0n) is 28.0. The molecule has 1 N–H and O–H groups in total. The molecule has 5 aromatic rings. The maximum absolute atomic E-state index is 14.7. The summed E-state index contributed by atoms with van der Waals surface area (Å²) in [5, 5.41) is 3.51. The quantitative estimate of drug-likeness (QED) is 0.163. The first-order valence-electron chi connectivity index (χ1n) is 16.4. The third-order valence-electron chi connectivity index (χ3n) is 8.35. The highest BCUT2D eigenvalue weighted by Crippen LogP contribution is 2.41. The Morgan fingerprint density at radius 3 is 1.96 bits per heavy atom. The Kier molecular flexibility index (Phi) is 10.3. The number of benzene rings is 5. The summed E-state index contributed by atoms with van der Waals surface area (Å²) in [4.78, 5) is 44.8. The standard InChI is InChI=1S/C41H37Cl2N3O4/c1-41(2,3)50-40(49)44-25-27-15-20-32(21-16-27)46-37-12-8-7-11-36(37)45(26-28-13-18-31(19-14-28)30-9-5-4-6-10-30)38(47)33(39(46)48)23-29-17-22-34(42)35(43)24-29/h4-22,24,33H,23,25-26H2,1-3H3,(H,44,49). The van der Waals surface area contributed by atoms with Crippen LogP contribution in [0, 0.1) is 5.92 Å². The molecule has 254 valence electrons. The first kappa shape index (κ1) is 34.7. The van der Waals surface area contributed by atoms with Crippen molar-refractivity contribution in [1.29, 1.82) is 0 Å². The van der Waals surface area contributed by atoms with E-state index >= 15 is 0 Å². The van der Waals surface area contributed by atoms with Crippen LogP contribution in [0.3, 0.4) is 0 Å². The Hall–Kier alpha value is -5.11. The second-order valence-corrected chi connectivity index (χ2v) is 14.0. The number of alkyl carbamates (subject to hydrolysis) is 1. The van der Waals surface area contributed by atoms with Crippen LogP contribution in [0.4, 0.5) is 21.9 Å². The van der Waals surface area contributed by atoms with Gasteiger partial charge in [-0.2, -0.15) is 0 Å². The summed E-state index contributed by atoms with van der Waals surface area (Å²) in [6.07, 6.45) is -0.392. The smallest absolute Gasteiger partial charge is 0.407 e. The van der Waals surface area contributed by atoms with E-state index < -0.39 is 17.6 Å². The van der Waals surface area contributed by atoms with Gasteiger partial charge in [0, 0.05) is 12.2 Å². The number of hydrogen-bond donors (Lipinski definition) is 1. The lowest BCUT2D eigenvalue weighted by Crippen LogP contribution is -2.41. The maximum Gasteiger partial charge on any atom is 0.407 e. The zero-order chi connectivity index (χ0) is 35.4. The first-order valence-corrected chi connectivity index (χ1v) is 17.1. The largest absolute Gasteiger partial charge is 0.444 e. The number of fused-ring (bicyclic) bond motifs is 1. The Labute approximate surface area is 302 Å². The monoisotopic (exact) mass is 705 g/mol. The Morgan fingerprint density at radius 2 is 1.30 bits per heavy atom. The normalized spacial score (nSPS) is 14.6. The molecule has 50 heavy (non-hydrogen) atoms. The van der Waals surface area contributed by atoms with Crippen LogP contribution in [-0.4, -0.2) is 23.5 Å². The van der Waals surface area contributed by atoms with Gasteiger partial charge in [-0.1, -0.05) is 108 Å². The molecule has 7 nitrogen and oxygen atoms in total. The maximum atomic E-state index is 14.7. The molecule has 5 aromatic carbocycles. The van der Waals surface area contributed by atoms with Gasteiger partial charge < -0.3 is 15.0 Å². The van der Waals surface area contributed by atoms with Gasteiger partial charge in [-0.15, -0.1) is 0 Å². The fraction of sp³-hybridized carbons (Fsp3) is 0.195. The van der Waals surface area contributed by atoms with E-state index in [0.717, 1.165) is 22.3 Å². The van der Waals surface area contributed by atoms with E-state index in [2.05, 4.69) is 17.4 Å². The van der Waals surface area contributed by atoms with Gasteiger partial charge in [0.1, 0.15) is 11.5 Å². The lowest BCUT2D eigenvalue weighted by molar-refractivity contribution is -0.131. The summed E-state index contributed by atoms with van der Waals surface area (Å²) in [6, 6.07) is 38.1. The van der Waals surface area contributed by atoms with Crippen molar-refractivity contribution in [2.45, 2.75) is 45.9 Å². The van der Waals surface area contributed by atoms with Crippen LogP contribution >= 0.6 is 23.2 Å². The van der Waals surface area contributed by atoms with Crippen molar-refractivity contribution in [2.75, 3.05) is 9.80 Å². The number of rotatable bonds is 8. The molecule has 0 saturated heterocycles. The lowest BCUT2D eigenvalue weighted by atomic mass is 9.96. The predicted octanol–water partition coefficient (Wildman–Crippen LogP) is 9.76. The summed E-state index contributed by atoms with van der Waals surface area (Å²) in [5.41, 5.74) is 5.80. The molecular formula is C41H37Cl2N3O4. The predicted molar refractivity (Wildman–Crippen MR) is 200 cm³/mol. The van der Waals surface area contributed by atoms with Crippen LogP contribution in [0.25, 0.3) is 11.1 Å². The van der Waals surface area contributed by atoms with Gasteiger partial charge in [0.15, 0.2) is 0 Å². The highest BCUT2D eigenvalue weighted by Gasteiger charge is 2.41. The number of nitrogens with zero attached hydrogens (tertiary/aromatic N) is 2. The number of hydrogen-bond acceptors (Lipinski definition) is 4. The highest BCUT2D eigenvalue weighted by molar-refractivity contribution is 6.42. The fourth-order valence-electron chi connectivity index (χ4n) is 5.94. The van der Waals surface area contributed by atoms with Gasteiger partial charge in [-0.05, 0) is 91.4 Å². The number of para-hydroxylation sites is 2. The second-order valence-electron chi connectivity index (χ2n) is 13.2. The molecule has 0 saturated carbocycles. The Morgan fingerprint density at radius 1 is 0.700 bits per heavy atom. The molecule has 0 fully saturated rings. The van der Waals surface area contributed by atoms with Crippen LogP contribution in [-0.2, 0) is 33.8 Å². The molecule has 3 amide bonds. The average molecular weight is 707 g/mol. The fourth-order valence-corrected chi connectivity index (χ4v) is 6.26. The van der Waals surface area contributed by atoms with Crippen LogP contribution in [0.1, 0.15) is 37.5 Å². The van der Waals surface area contributed by atoms with Gasteiger partial charge in [0.05, 0.1) is 28.0 Å². The van der Waals surface area contributed by atoms with Crippen molar-refractivity contribution in [1.82, 2.24) is 5.32 Å². The Bertz CT molecular complexity index is 2010. The van der Waals surface area contributed by atoms with Crippen LogP contribution in [0.15, 0.2) is 121 Å². The second kappa shape index (κ2) is 14.8. The van der Waals surface area contributed by atoms with E-state index in [1.807, 2.05) is 91.0 Å². The van der Waals surface area contributed by atoms with E-state index in [0.29, 0.717) is 32.7 Å². The Balaban J connectivity index is 1.35. The molecule has 6 rings (SSSR count). The van der Waals surface area contributed by atoms with E-state index in [-0.39, 0.29) is 31.3 Å². The number of anilines is 3. The molecule has 1 heterocycles. The summed E-state index contributed by atoms with van der Waals surface area (Å²) in [7, 11) is 0. The van der Waals surface area contributed by atoms with Crippen LogP contribution < -0.4 is 15.1 Å². The van der Waals surface area contributed by atoms with Crippen LogP contribution in [0.5, 0.6) is 0 Å². The van der Waals surface area contributed by atoms with Crippen molar-refractivity contribution in [2.24, 2.45) is 5.92 Å². The SMILES string of the molecule is CC(C)(C)OC(=O)NCc1ccc(N2C(=O)C(Cc3ccc(Cl)c(Cl)c3)C(=O)N(Cc3ccc(-c4ccccc4)cc3)c3ccccc32)cc1. The molecule has 9 heteroatoms. The molecule has 1 aliphatic rings. The third-order valence-corrected chi connectivity index (χ3v) is 9.09. The van der Waals surface area contributed by atoms with Crippen molar-refractivity contribution < 1.29 is 19.1 Å². The zero-order valence-corrected chi connectivity index (χ0v) is 29.5.